The summed E-state index contributed by atoms with van der Waals surface area (Å²) in [5.74, 6) is 2.20. The highest BCUT2D eigenvalue weighted by atomic mass is 127. The third-order valence-corrected chi connectivity index (χ3v) is 4.52. The van der Waals surface area contributed by atoms with Crippen LogP contribution < -0.4 is 24.8 Å². The Morgan fingerprint density at radius 1 is 0.906 bits per heavy atom. The summed E-state index contributed by atoms with van der Waals surface area (Å²) in [5, 5.41) is 6.34. The van der Waals surface area contributed by atoms with Crippen LogP contribution in [-0.4, -0.2) is 40.4 Å². The Balaban J connectivity index is 0.00000512. The maximum Gasteiger partial charge on any atom is 0.416 e. The van der Waals surface area contributed by atoms with E-state index in [-0.39, 0.29) is 24.0 Å². The molecule has 0 saturated carbocycles. The number of guanidine groups is 1. The molecule has 0 aliphatic rings. The topological polar surface area (TPSA) is 64.1 Å². The molecule has 0 bridgehead atoms. The molecule has 2 aromatic rings. The third-order valence-electron chi connectivity index (χ3n) is 4.52. The molecule has 6 nitrogen and oxygen atoms in total. The van der Waals surface area contributed by atoms with Crippen molar-refractivity contribution >= 4 is 29.9 Å². The van der Waals surface area contributed by atoms with E-state index in [9.17, 15) is 13.2 Å². The number of rotatable bonds is 9. The zero-order valence-corrected chi connectivity index (χ0v) is 20.8. The van der Waals surface area contributed by atoms with Crippen molar-refractivity contribution in [3.63, 3.8) is 0 Å². The molecule has 0 amide bonds. The largest absolute Gasteiger partial charge is 0.493 e. The molecule has 0 aromatic heterocycles. The second-order valence-electron chi connectivity index (χ2n) is 6.56. The molecule has 0 unspecified atom stereocenters. The number of nitrogens with one attached hydrogen (secondary N) is 2. The van der Waals surface area contributed by atoms with Crippen molar-refractivity contribution in [3.05, 3.63) is 53.1 Å². The van der Waals surface area contributed by atoms with Gasteiger partial charge in [-0.1, -0.05) is 12.1 Å². The van der Waals surface area contributed by atoms with E-state index in [2.05, 4.69) is 15.6 Å². The van der Waals surface area contributed by atoms with Gasteiger partial charge in [-0.15, -0.1) is 24.0 Å². The highest BCUT2D eigenvalue weighted by Gasteiger charge is 2.29. The lowest BCUT2D eigenvalue weighted by molar-refractivity contribution is -0.137. The van der Waals surface area contributed by atoms with E-state index in [0.717, 1.165) is 23.3 Å². The minimum atomic E-state index is -4.33. The van der Waals surface area contributed by atoms with Crippen molar-refractivity contribution in [2.75, 3.05) is 34.4 Å². The number of nitrogens with zero attached hydrogens (tertiary/aromatic N) is 1. The van der Waals surface area contributed by atoms with Gasteiger partial charge in [-0.25, -0.2) is 4.99 Å². The molecule has 0 radical (unpaired) electrons. The fourth-order valence-electron chi connectivity index (χ4n) is 2.98. The molecule has 0 aliphatic carbocycles. The average Bonchev–Trinajstić information content (AvgIpc) is 2.76. The molecule has 2 aromatic carbocycles. The molecule has 10 heteroatoms. The first-order chi connectivity index (χ1) is 14.8. The number of hydrogen-bond donors (Lipinski definition) is 2. The molecule has 0 spiro atoms. The van der Waals surface area contributed by atoms with Crippen LogP contribution in [-0.2, 0) is 19.1 Å². The van der Waals surface area contributed by atoms with E-state index in [1.165, 1.54) is 12.1 Å². The summed E-state index contributed by atoms with van der Waals surface area (Å²) < 4.78 is 54.2. The summed E-state index contributed by atoms with van der Waals surface area (Å²) in [6.07, 6.45) is -3.77. The van der Waals surface area contributed by atoms with Crippen LogP contribution in [0.3, 0.4) is 0 Å². The van der Waals surface area contributed by atoms with E-state index in [1.807, 2.05) is 13.0 Å². The van der Waals surface area contributed by atoms with Crippen LogP contribution in [0.5, 0.6) is 17.2 Å². The smallest absolute Gasteiger partial charge is 0.416 e. The molecular weight excluding hydrogens is 538 g/mol. The second-order valence-corrected chi connectivity index (χ2v) is 6.56. The van der Waals surface area contributed by atoms with Gasteiger partial charge in [0.15, 0.2) is 17.5 Å². The minimum absolute atomic E-state index is 0. The van der Waals surface area contributed by atoms with Crippen LogP contribution in [0.15, 0.2) is 41.4 Å². The fourth-order valence-corrected chi connectivity index (χ4v) is 2.98. The van der Waals surface area contributed by atoms with E-state index in [1.54, 1.807) is 27.4 Å². The quantitative estimate of drug-likeness (QED) is 0.263. The van der Waals surface area contributed by atoms with Crippen LogP contribution >= 0.6 is 24.0 Å². The first kappa shape index (κ1) is 27.7. The van der Waals surface area contributed by atoms with Gasteiger partial charge in [0, 0.05) is 18.7 Å². The first-order valence-corrected chi connectivity index (χ1v) is 9.80. The molecule has 2 rings (SSSR count). The summed E-state index contributed by atoms with van der Waals surface area (Å²) >= 11 is 0. The molecule has 0 aliphatic heterocycles. The van der Waals surface area contributed by atoms with Gasteiger partial charge >= 0.3 is 6.18 Å². The third kappa shape index (κ3) is 7.64. The van der Waals surface area contributed by atoms with Crippen molar-refractivity contribution in [1.29, 1.82) is 0 Å². The molecule has 0 atom stereocenters. The zero-order valence-electron chi connectivity index (χ0n) is 18.5. The highest BCUT2D eigenvalue weighted by molar-refractivity contribution is 14.0. The molecule has 0 fully saturated rings. The van der Waals surface area contributed by atoms with Gasteiger partial charge in [-0.05, 0) is 43.2 Å². The summed E-state index contributed by atoms with van der Waals surface area (Å²) in [6.45, 7) is 3.46. The van der Waals surface area contributed by atoms with Crippen molar-refractivity contribution in [1.82, 2.24) is 10.6 Å². The summed E-state index contributed by atoms with van der Waals surface area (Å²) in [7, 11) is 4.65. The lowest BCUT2D eigenvalue weighted by atomic mass is 10.1. The summed E-state index contributed by atoms with van der Waals surface area (Å²) in [6, 6.07) is 8.81. The maximum absolute atomic E-state index is 12.7. The van der Waals surface area contributed by atoms with Gasteiger partial charge in [0.2, 0.25) is 5.75 Å². The van der Waals surface area contributed by atoms with Gasteiger partial charge in [-0.3, -0.25) is 0 Å². The molecule has 32 heavy (non-hydrogen) atoms. The van der Waals surface area contributed by atoms with E-state index >= 15 is 0 Å². The Bertz CT molecular complexity index is 875. The number of hydrogen-bond acceptors (Lipinski definition) is 4. The predicted molar refractivity (Wildman–Crippen MR) is 129 cm³/mol. The average molecular weight is 567 g/mol. The molecule has 2 N–H and O–H groups in total. The summed E-state index contributed by atoms with van der Waals surface area (Å²) in [5.41, 5.74) is 0.973. The normalized spacial score (nSPS) is 11.4. The zero-order chi connectivity index (χ0) is 22.9. The number of methoxy groups -OCH3 is 3. The van der Waals surface area contributed by atoms with Crippen LogP contribution in [0.4, 0.5) is 13.2 Å². The Hall–Kier alpha value is -2.37. The number of ether oxygens (including phenoxy) is 3. The second kappa shape index (κ2) is 13.2. The monoisotopic (exact) mass is 567 g/mol. The van der Waals surface area contributed by atoms with Crippen molar-refractivity contribution in [2.45, 2.75) is 26.1 Å². The first-order valence-electron chi connectivity index (χ1n) is 9.80. The number of halogens is 4. The van der Waals surface area contributed by atoms with Crippen molar-refractivity contribution in [2.24, 2.45) is 4.99 Å². The van der Waals surface area contributed by atoms with Crippen LogP contribution in [0.2, 0.25) is 0 Å². The SMILES string of the molecule is CCNC(=NCc1ccc(OC)c(OC)c1OC)NCCc1ccc(C(F)(F)F)cc1.I. The predicted octanol–water partition coefficient (Wildman–Crippen LogP) is 4.65. The number of aliphatic imine (C=N–C) groups is 1. The maximum atomic E-state index is 12.7. The summed E-state index contributed by atoms with van der Waals surface area (Å²) in [4.78, 5) is 4.57. The lowest BCUT2D eigenvalue weighted by Gasteiger charge is -2.16. The standard InChI is InChI=1S/C22H28F3N3O3.HI/c1-5-26-21(27-13-12-15-6-9-17(10-7-15)22(23,24)25)28-14-16-8-11-18(29-2)20(31-4)19(16)30-3;/h6-11H,5,12-14H2,1-4H3,(H2,26,27,28);1H. The van der Waals surface area contributed by atoms with Gasteiger partial charge in [-0.2, -0.15) is 13.2 Å². The Labute approximate surface area is 203 Å². The molecule has 0 heterocycles. The van der Waals surface area contributed by atoms with Gasteiger partial charge in [0.25, 0.3) is 0 Å². The Kier molecular flexibility index (Phi) is 11.4. The van der Waals surface area contributed by atoms with Crippen LogP contribution in [0.25, 0.3) is 0 Å². The minimum Gasteiger partial charge on any atom is -0.493 e. The molecule has 178 valence electrons. The van der Waals surface area contributed by atoms with Crippen LogP contribution in [0.1, 0.15) is 23.6 Å². The van der Waals surface area contributed by atoms with Gasteiger partial charge in [0.1, 0.15) is 0 Å². The Morgan fingerprint density at radius 3 is 2.09 bits per heavy atom. The van der Waals surface area contributed by atoms with E-state index in [4.69, 9.17) is 14.2 Å². The number of alkyl halides is 3. The lowest BCUT2D eigenvalue weighted by Crippen LogP contribution is -2.38. The van der Waals surface area contributed by atoms with E-state index in [0.29, 0.717) is 49.3 Å². The molecule has 0 saturated heterocycles. The number of benzene rings is 2. The van der Waals surface area contributed by atoms with E-state index < -0.39 is 11.7 Å². The Morgan fingerprint density at radius 2 is 1.56 bits per heavy atom. The van der Waals surface area contributed by atoms with Crippen molar-refractivity contribution < 1.29 is 27.4 Å². The van der Waals surface area contributed by atoms with Crippen molar-refractivity contribution in [3.8, 4) is 17.2 Å². The van der Waals surface area contributed by atoms with Gasteiger partial charge in [0.05, 0.1) is 33.4 Å². The fraction of sp³-hybridized carbons (Fsp3) is 0.409. The van der Waals surface area contributed by atoms with Gasteiger partial charge < -0.3 is 24.8 Å². The highest BCUT2D eigenvalue weighted by Crippen LogP contribution is 2.40. The van der Waals surface area contributed by atoms with Crippen LogP contribution in [0, 0.1) is 0 Å². The molecular formula is C22H29F3IN3O3.